The molecular weight excluding hydrogens is 969 g/mol. The molecule has 0 bridgehead atoms. The predicted molar refractivity (Wildman–Crippen MR) is 290 cm³/mol. The molecule has 2 aliphatic heterocycles. The van der Waals surface area contributed by atoms with Gasteiger partial charge in [-0.1, -0.05) is 44.2 Å². The fourth-order valence-corrected chi connectivity index (χ4v) is 13.3. The van der Waals surface area contributed by atoms with E-state index in [-0.39, 0.29) is 34.4 Å². The summed E-state index contributed by atoms with van der Waals surface area (Å²) < 4.78 is 41.9. The van der Waals surface area contributed by atoms with Crippen LogP contribution in [0, 0.1) is 21.4 Å². The topological polar surface area (TPSA) is 199 Å². The molecule has 5 heterocycles. The second-order valence-electron chi connectivity index (χ2n) is 22.2. The van der Waals surface area contributed by atoms with Gasteiger partial charge in [0.15, 0.2) is 0 Å². The van der Waals surface area contributed by atoms with Crippen molar-refractivity contribution in [2.45, 2.75) is 107 Å². The molecule has 2 saturated carbocycles. The number of piperidine rings is 1. The van der Waals surface area contributed by atoms with Crippen LogP contribution in [0.5, 0.6) is 11.5 Å². The minimum absolute atomic E-state index is 0.0289. The number of aromatic nitrogens is 2. The van der Waals surface area contributed by atoms with E-state index >= 15 is 0 Å². The minimum atomic E-state index is -4.59. The van der Waals surface area contributed by atoms with E-state index in [0.717, 1.165) is 106 Å². The van der Waals surface area contributed by atoms with Crippen molar-refractivity contribution >= 4 is 55.0 Å². The molecule has 0 radical (unpaired) electrons. The van der Waals surface area contributed by atoms with Crippen LogP contribution in [0.1, 0.15) is 111 Å². The highest BCUT2D eigenvalue weighted by molar-refractivity contribution is 7.90. The normalized spacial score (nSPS) is 21.6. The van der Waals surface area contributed by atoms with Gasteiger partial charge in [-0.2, -0.15) is 0 Å². The number of furan rings is 1. The van der Waals surface area contributed by atoms with Gasteiger partial charge in [-0.15, -0.1) is 0 Å². The van der Waals surface area contributed by atoms with Gasteiger partial charge in [-0.05, 0) is 147 Å². The molecule has 4 fully saturated rings. The number of nitrogens with zero attached hydrogens (tertiary/aromatic N) is 5. The van der Waals surface area contributed by atoms with Crippen molar-refractivity contribution in [1.82, 2.24) is 24.5 Å². The number of anilines is 2. The molecule has 11 rings (SSSR count). The molecule has 4 aromatic carbocycles. The van der Waals surface area contributed by atoms with Gasteiger partial charge in [0, 0.05) is 92.7 Å². The number of carbonyl (C=O) groups is 1. The molecule has 4 aliphatic rings. The van der Waals surface area contributed by atoms with Crippen LogP contribution in [0.2, 0.25) is 0 Å². The summed E-state index contributed by atoms with van der Waals surface area (Å²) in [5.41, 5.74) is 5.80. The van der Waals surface area contributed by atoms with Gasteiger partial charge in [0.05, 0.1) is 33.4 Å². The van der Waals surface area contributed by atoms with Crippen molar-refractivity contribution in [1.29, 1.82) is 0 Å². The summed E-state index contributed by atoms with van der Waals surface area (Å²) in [7, 11) is -4.59. The molecule has 1 spiro atoms. The Hall–Kier alpha value is -6.79. The highest BCUT2D eigenvalue weighted by Gasteiger charge is 2.50. The standard InChI is InChI=1S/C58H66N8O8S/c1-38(2)47-6-4-5-7-48(47)52-37-63(36-40-8-13-53-41(28-40)17-27-73-53)25-26-65(52)44-32-58(33-44)20-23-64(24-21-58)43-9-11-49(54(30-43)74-45-29-42-16-22-59-55(42)61-35-45)56(67)62-75(71,72)46-10-12-50(51(31-46)66(69)70)60-34-39-14-18-57(3,68)19-15-39/h4-13,16-17,22,27-31,35,38-39,44,52,60,68H,14-15,18-21,23-26,32-34,36-37H2,1-3H3,(H,59,61)(H,62,67). The first-order valence-corrected chi connectivity index (χ1v) is 27.9. The number of piperazine rings is 1. The van der Waals surface area contributed by atoms with E-state index in [4.69, 9.17) is 9.15 Å². The predicted octanol–water partition coefficient (Wildman–Crippen LogP) is 10.9. The molecule has 2 saturated heterocycles. The smallest absolute Gasteiger partial charge is 0.293 e. The number of sulfonamides is 1. The van der Waals surface area contributed by atoms with E-state index in [1.165, 1.54) is 28.8 Å². The Bertz CT molecular complexity index is 3350. The average molecular weight is 1040 g/mol. The van der Waals surface area contributed by atoms with Gasteiger partial charge in [-0.3, -0.25) is 24.7 Å². The summed E-state index contributed by atoms with van der Waals surface area (Å²) in [5, 5.41) is 27.6. The lowest BCUT2D eigenvalue weighted by atomic mass is 9.59. The number of aromatic amines is 1. The summed E-state index contributed by atoms with van der Waals surface area (Å²) >= 11 is 0. The monoisotopic (exact) mass is 1030 g/mol. The Kier molecular flexibility index (Phi) is 13.7. The van der Waals surface area contributed by atoms with E-state index in [0.29, 0.717) is 42.7 Å². The van der Waals surface area contributed by atoms with Crippen LogP contribution in [0.3, 0.4) is 0 Å². The summed E-state index contributed by atoms with van der Waals surface area (Å²) in [6, 6.07) is 30.7. The molecule has 392 valence electrons. The Morgan fingerprint density at radius 1 is 0.947 bits per heavy atom. The number of fused-ring (bicyclic) bond motifs is 2. The number of pyridine rings is 1. The maximum absolute atomic E-state index is 14.1. The van der Waals surface area contributed by atoms with Gasteiger partial charge in [0.2, 0.25) is 0 Å². The van der Waals surface area contributed by atoms with Gasteiger partial charge < -0.3 is 29.5 Å². The highest BCUT2D eigenvalue weighted by atomic mass is 32.2. The molecule has 1 amide bonds. The Balaban J connectivity index is 0.780. The number of ether oxygens (including phenoxy) is 1. The van der Waals surface area contributed by atoms with Crippen molar-refractivity contribution in [3.05, 3.63) is 148 Å². The number of benzene rings is 4. The number of nitro groups is 1. The lowest BCUT2D eigenvalue weighted by Gasteiger charge is -2.58. The third-order valence-corrected chi connectivity index (χ3v) is 18.0. The minimum Gasteiger partial charge on any atom is -0.464 e. The van der Waals surface area contributed by atoms with E-state index in [2.05, 4.69) is 91.0 Å². The van der Waals surface area contributed by atoms with Crippen molar-refractivity contribution in [3.8, 4) is 11.5 Å². The van der Waals surface area contributed by atoms with Crippen molar-refractivity contribution < 1.29 is 32.4 Å². The SMILES string of the molecule is CC(C)c1ccccc1C1CN(Cc2ccc3occc3c2)CCN1C1CC2(CCN(c3ccc(C(=O)NS(=O)(=O)c4ccc(NCC5CCC(C)(O)CC5)c([N+](=O)[O-])c4)c(Oc4cnc5[nH]ccc5c4)c3)CC2)C1. The van der Waals surface area contributed by atoms with Crippen molar-refractivity contribution in [3.63, 3.8) is 0 Å². The van der Waals surface area contributed by atoms with E-state index in [9.17, 15) is 28.4 Å². The van der Waals surface area contributed by atoms with Crippen LogP contribution in [0.4, 0.5) is 17.1 Å². The number of carbonyl (C=O) groups excluding carboxylic acids is 1. The van der Waals surface area contributed by atoms with Gasteiger partial charge in [-0.25, -0.2) is 18.1 Å². The summed E-state index contributed by atoms with van der Waals surface area (Å²) in [6.07, 6.45) is 12.2. The quantitative estimate of drug-likeness (QED) is 0.0559. The van der Waals surface area contributed by atoms with E-state index in [1.807, 2.05) is 25.1 Å². The number of hydrogen-bond donors (Lipinski definition) is 4. The highest BCUT2D eigenvalue weighted by Crippen LogP contribution is 2.53. The number of nitro benzene ring substituents is 1. The fourth-order valence-electron chi connectivity index (χ4n) is 12.3. The van der Waals surface area contributed by atoms with Crippen LogP contribution >= 0.6 is 0 Å². The molecule has 16 nitrogen and oxygen atoms in total. The van der Waals surface area contributed by atoms with E-state index < -0.39 is 37.0 Å². The van der Waals surface area contributed by atoms with Crippen molar-refractivity contribution in [2.24, 2.45) is 11.3 Å². The zero-order chi connectivity index (χ0) is 52.1. The van der Waals surface area contributed by atoms with Crippen LogP contribution in [0.15, 0.2) is 125 Å². The van der Waals surface area contributed by atoms with Crippen molar-refractivity contribution in [2.75, 3.05) is 49.5 Å². The molecular formula is C58H66N8O8S. The molecule has 4 N–H and O–H groups in total. The zero-order valence-electron chi connectivity index (χ0n) is 42.8. The van der Waals surface area contributed by atoms with E-state index in [1.54, 1.807) is 36.9 Å². The molecule has 1 unspecified atom stereocenters. The summed E-state index contributed by atoms with van der Waals surface area (Å²) in [6.45, 7) is 12.3. The van der Waals surface area contributed by atoms with Crippen LogP contribution in [0.25, 0.3) is 22.0 Å². The van der Waals surface area contributed by atoms with Crippen LogP contribution in [-0.2, 0) is 16.6 Å². The van der Waals surface area contributed by atoms with Gasteiger partial charge >= 0.3 is 0 Å². The molecule has 3 aromatic heterocycles. The molecule has 17 heteroatoms. The lowest BCUT2D eigenvalue weighted by molar-refractivity contribution is -0.384. The summed E-state index contributed by atoms with van der Waals surface area (Å²) in [4.78, 5) is 40.6. The average Bonchev–Trinajstić information content (AvgIpc) is 4.07. The number of H-pyrrole nitrogens is 1. The molecule has 75 heavy (non-hydrogen) atoms. The first-order valence-electron chi connectivity index (χ1n) is 26.4. The second-order valence-corrected chi connectivity index (χ2v) is 23.9. The first-order chi connectivity index (χ1) is 36.1. The second kappa shape index (κ2) is 20.4. The Morgan fingerprint density at radius 2 is 1.75 bits per heavy atom. The Labute approximate surface area is 437 Å². The van der Waals surface area contributed by atoms with Gasteiger partial charge in [0.25, 0.3) is 21.6 Å². The maximum Gasteiger partial charge on any atom is 0.293 e. The fraction of sp³-hybridized carbons (Fsp3) is 0.414. The number of aliphatic hydroxyl groups is 1. The third kappa shape index (κ3) is 10.7. The first kappa shape index (κ1) is 50.4. The lowest BCUT2D eigenvalue weighted by Crippen LogP contribution is -2.60. The number of amides is 1. The summed E-state index contributed by atoms with van der Waals surface area (Å²) in [5.74, 6) is 0.165. The number of nitrogens with one attached hydrogen (secondary N) is 3. The third-order valence-electron chi connectivity index (χ3n) is 16.7. The van der Waals surface area contributed by atoms with Crippen LogP contribution in [-0.4, -0.2) is 95.0 Å². The molecule has 7 aromatic rings. The van der Waals surface area contributed by atoms with Crippen LogP contribution < -0.4 is 19.7 Å². The maximum atomic E-state index is 14.1. The number of rotatable bonds is 15. The largest absolute Gasteiger partial charge is 0.464 e. The molecule has 2 aliphatic carbocycles. The zero-order valence-corrected chi connectivity index (χ0v) is 43.7. The number of hydrogen-bond acceptors (Lipinski definition) is 13. The molecule has 1 atom stereocenters. The Morgan fingerprint density at radius 3 is 2.53 bits per heavy atom. The van der Waals surface area contributed by atoms with Gasteiger partial charge in [0.1, 0.15) is 28.4 Å².